The Hall–Kier alpha value is -2.27. The van der Waals surface area contributed by atoms with Gasteiger partial charge in [-0.2, -0.15) is 0 Å². The molecule has 0 atom stereocenters. The van der Waals surface area contributed by atoms with E-state index in [1.807, 2.05) is 6.07 Å². The van der Waals surface area contributed by atoms with Crippen LogP contribution in [0.15, 0.2) is 34.7 Å². The second-order valence-corrected chi connectivity index (χ2v) is 4.14. The summed E-state index contributed by atoms with van der Waals surface area (Å²) in [5.41, 5.74) is 0.988. The van der Waals surface area contributed by atoms with Crippen LogP contribution in [0.4, 0.5) is 0 Å². The molecule has 0 amide bonds. The fraction of sp³-hybridized carbons (Fsp3) is 0.143. The number of carbonyl (C=O) groups is 2. The van der Waals surface area contributed by atoms with E-state index in [4.69, 9.17) is 20.8 Å². The normalized spacial score (nSPS) is 10.2. The highest BCUT2D eigenvalue weighted by atomic mass is 35.5. The Morgan fingerprint density at radius 3 is 2.25 bits per heavy atom. The van der Waals surface area contributed by atoms with Crippen LogP contribution in [0, 0.1) is 0 Å². The number of halogens is 1. The van der Waals surface area contributed by atoms with Gasteiger partial charge in [-0.25, -0.2) is 4.79 Å². The van der Waals surface area contributed by atoms with Crippen molar-refractivity contribution < 1.29 is 23.5 Å². The SMILES string of the molecule is COC(=O)c1oc(C(=O)Cl)c(OC)c1-c1ccccc1. The number of methoxy groups -OCH3 is 2. The highest BCUT2D eigenvalue weighted by Crippen LogP contribution is 2.39. The van der Waals surface area contributed by atoms with E-state index in [1.54, 1.807) is 24.3 Å². The molecular formula is C14H11ClO5. The Bertz CT molecular complexity index is 645. The van der Waals surface area contributed by atoms with Crippen LogP contribution in [0.5, 0.6) is 5.75 Å². The predicted octanol–water partition coefficient (Wildman–Crippen LogP) is 3.12. The first-order valence-electron chi connectivity index (χ1n) is 5.64. The second-order valence-electron chi connectivity index (χ2n) is 3.80. The number of esters is 1. The summed E-state index contributed by atoms with van der Waals surface area (Å²) in [5.74, 6) is -0.962. The highest BCUT2D eigenvalue weighted by molar-refractivity contribution is 6.67. The first-order chi connectivity index (χ1) is 9.60. The van der Waals surface area contributed by atoms with Gasteiger partial charge in [-0.15, -0.1) is 0 Å². The van der Waals surface area contributed by atoms with E-state index in [2.05, 4.69) is 4.74 Å². The summed E-state index contributed by atoms with van der Waals surface area (Å²) in [7, 11) is 2.58. The Labute approximate surface area is 120 Å². The van der Waals surface area contributed by atoms with Gasteiger partial charge in [0.2, 0.25) is 11.5 Å². The average molecular weight is 295 g/mol. The molecule has 0 aliphatic heterocycles. The third-order valence-corrected chi connectivity index (χ3v) is 2.85. The molecule has 6 heteroatoms. The first kappa shape index (κ1) is 14.1. The van der Waals surface area contributed by atoms with Crippen LogP contribution >= 0.6 is 11.6 Å². The third-order valence-electron chi connectivity index (χ3n) is 2.68. The van der Waals surface area contributed by atoms with Crippen LogP contribution in [0.2, 0.25) is 0 Å². The Kier molecular flexibility index (Phi) is 4.10. The summed E-state index contributed by atoms with van der Waals surface area (Å²) in [6, 6.07) is 8.89. The van der Waals surface area contributed by atoms with Crippen LogP contribution in [0.25, 0.3) is 11.1 Å². The van der Waals surface area contributed by atoms with Crippen molar-refractivity contribution >= 4 is 22.8 Å². The Morgan fingerprint density at radius 1 is 1.10 bits per heavy atom. The minimum Gasteiger partial charge on any atom is -0.492 e. The molecule has 0 N–H and O–H groups in total. The minimum absolute atomic E-state index is 0.108. The fourth-order valence-corrected chi connectivity index (χ4v) is 1.97. The van der Waals surface area contributed by atoms with Crippen LogP contribution in [-0.4, -0.2) is 25.4 Å². The lowest BCUT2D eigenvalue weighted by Gasteiger charge is -2.04. The van der Waals surface area contributed by atoms with Crippen molar-refractivity contribution in [2.45, 2.75) is 0 Å². The van der Waals surface area contributed by atoms with Gasteiger partial charge in [-0.1, -0.05) is 30.3 Å². The van der Waals surface area contributed by atoms with Crippen molar-refractivity contribution in [2.24, 2.45) is 0 Å². The van der Waals surface area contributed by atoms with E-state index in [0.717, 1.165) is 0 Å². The summed E-state index contributed by atoms with van der Waals surface area (Å²) in [5, 5.41) is -0.853. The zero-order valence-corrected chi connectivity index (χ0v) is 11.6. The number of hydrogen-bond donors (Lipinski definition) is 0. The molecule has 0 unspecified atom stereocenters. The third kappa shape index (κ3) is 2.40. The topological polar surface area (TPSA) is 65.7 Å². The lowest BCUT2D eigenvalue weighted by molar-refractivity contribution is 0.0565. The van der Waals surface area contributed by atoms with E-state index in [-0.39, 0.29) is 17.3 Å². The van der Waals surface area contributed by atoms with Gasteiger partial charge < -0.3 is 13.9 Å². The van der Waals surface area contributed by atoms with Gasteiger partial charge in [-0.3, -0.25) is 4.79 Å². The number of benzene rings is 1. The predicted molar refractivity (Wildman–Crippen MR) is 72.2 cm³/mol. The van der Waals surface area contributed by atoms with E-state index >= 15 is 0 Å². The molecule has 0 radical (unpaired) electrons. The average Bonchev–Trinajstić information content (AvgIpc) is 2.86. The Balaban J connectivity index is 2.75. The van der Waals surface area contributed by atoms with Crippen molar-refractivity contribution in [1.29, 1.82) is 0 Å². The molecule has 0 spiro atoms. The van der Waals surface area contributed by atoms with Gasteiger partial charge >= 0.3 is 5.97 Å². The number of hydrogen-bond acceptors (Lipinski definition) is 5. The van der Waals surface area contributed by atoms with Crippen molar-refractivity contribution in [3.05, 3.63) is 41.9 Å². The molecule has 2 aromatic rings. The number of carbonyl (C=O) groups excluding carboxylic acids is 2. The maximum Gasteiger partial charge on any atom is 0.374 e. The van der Waals surface area contributed by atoms with E-state index < -0.39 is 11.2 Å². The van der Waals surface area contributed by atoms with Gasteiger partial charge in [0.05, 0.1) is 19.8 Å². The molecule has 0 bridgehead atoms. The van der Waals surface area contributed by atoms with Crippen molar-refractivity contribution in [3.63, 3.8) is 0 Å². The molecular weight excluding hydrogens is 284 g/mol. The lowest BCUT2D eigenvalue weighted by Crippen LogP contribution is -2.01. The largest absolute Gasteiger partial charge is 0.492 e. The molecule has 0 saturated carbocycles. The first-order valence-corrected chi connectivity index (χ1v) is 6.02. The van der Waals surface area contributed by atoms with E-state index in [0.29, 0.717) is 11.1 Å². The molecule has 104 valence electrons. The number of ether oxygens (including phenoxy) is 2. The molecule has 0 aliphatic rings. The van der Waals surface area contributed by atoms with Gasteiger partial charge in [0.25, 0.3) is 5.24 Å². The molecule has 2 rings (SSSR count). The number of rotatable bonds is 4. The maximum atomic E-state index is 11.8. The molecule has 0 saturated heterocycles. The van der Waals surface area contributed by atoms with Crippen molar-refractivity contribution in [3.8, 4) is 16.9 Å². The zero-order chi connectivity index (χ0) is 14.7. The number of furan rings is 1. The molecule has 1 aromatic carbocycles. The smallest absolute Gasteiger partial charge is 0.374 e. The fourth-order valence-electron chi connectivity index (χ4n) is 1.84. The van der Waals surface area contributed by atoms with Crippen LogP contribution < -0.4 is 4.74 Å². The van der Waals surface area contributed by atoms with Gasteiger partial charge in [0.15, 0.2) is 5.75 Å². The standard InChI is InChI=1S/C14H11ClO5/c1-18-10-9(8-6-4-3-5-7-8)11(14(17)19-2)20-12(10)13(15)16/h3-7H,1-2H3. The van der Waals surface area contributed by atoms with Crippen LogP contribution in [-0.2, 0) is 4.74 Å². The molecule has 0 aliphatic carbocycles. The summed E-state index contributed by atoms with van der Waals surface area (Å²) in [6.45, 7) is 0. The Morgan fingerprint density at radius 2 is 1.75 bits per heavy atom. The van der Waals surface area contributed by atoms with Gasteiger partial charge in [0, 0.05) is 0 Å². The van der Waals surface area contributed by atoms with Crippen molar-refractivity contribution in [1.82, 2.24) is 0 Å². The zero-order valence-electron chi connectivity index (χ0n) is 10.8. The van der Waals surface area contributed by atoms with Gasteiger partial charge in [-0.05, 0) is 17.2 Å². The quantitative estimate of drug-likeness (QED) is 0.640. The summed E-state index contributed by atoms with van der Waals surface area (Å²) >= 11 is 5.44. The van der Waals surface area contributed by atoms with Gasteiger partial charge in [0.1, 0.15) is 0 Å². The molecule has 5 nitrogen and oxygen atoms in total. The maximum absolute atomic E-state index is 11.8. The molecule has 1 heterocycles. The monoisotopic (exact) mass is 294 g/mol. The highest BCUT2D eigenvalue weighted by Gasteiger charge is 2.30. The minimum atomic E-state index is -0.853. The lowest BCUT2D eigenvalue weighted by atomic mass is 10.0. The van der Waals surface area contributed by atoms with E-state index in [1.165, 1.54) is 14.2 Å². The van der Waals surface area contributed by atoms with Crippen LogP contribution in [0.1, 0.15) is 21.1 Å². The summed E-state index contributed by atoms with van der Waals surface area (Å²) < 4.78 is 15.0. The molecule has 20 heavy (non-hydrogen) atoms. The summed E-state index contributed by atoms with van der Waals surface area (Å²) in [4.78, 5) is 23.2. The van der Waals surface area contributed by atoms with E-state index in [9.17, 15) is 9.59 Å². The van der Waals surface area contributed by atoms with Crippen molar-refractivity contribution in [2.75, 3.05) is 14.2 Å². The van der Waals surface area contributed by atoms with Crippen LogP contribution in [0.3, 0.4) is 0 Å². The second kappa shape index (κ2) is 5.79. The molecule has 1 aromatic heterocycles. The molecule has 0 fully saturated rings. The summed E-state index contributed by atoms with van der Waals surface area (Å²) in [6.07, 6.45) is 0.